The Hall–Kier alpha value is -4.75. The maximum Gasteiger partial charge on any atom is 0.0719 e. The number of fused-ring (bicyclic) bond motifs is 9. The van der Waals surface area contributed by atoms with Gasteiger partial charge >= 0.3 is 0 Å². The van der Waals surface area contributed by atoms with Crippen molar-refractivity contribution in [2.75, 3.05) is 0 Å². The molecule has 0 N–H and O–H groups in total. The highest BCUT2D eigenvalue weighted by molar-refractivity contribution is 5.89. The molecule has 0 radical (unpaired) electrons. The van der Waals surface area contributed by atoms with E-state index in [4.69, 9.17) is 0 Å². The lowest BCUT2D eigenvalue weighted by Gasteiger charge is -2.46. The van der Waals surface area contributed by atoms with Crippen molar-refractivity contribution < 1.29 is 0 Å². The van der Waals surface area contributed by atoms with Crippen molar-refractivity contribution in [3.8, 4) is 33.5 Å². The largest absolute Gasteiger partial charge is 0.256 e. The topological polar surface area (TPSA) is 12.9 Å². The highest BCUT2D eigenvalue weighted by atomic mass is 14.7. The van der Waals surface area contributed by atoms with Gasteiger partial charge in [0.05, 0.1) is 11.1 Å². The highest BCUT2D eigenvalue weighted by Gasteiger charge is 2.53. The van der Waals surface area contributed by atoms with Gasteiger partial charge in [-0.3, -0.25) is 4.98 Å². The lowest BCUT2D eigenvalue weighted by atomic mass is 9.55. The molecule has 0 aliphatic heterocycles. The summed E-state index contributed by atoms with van der Waals surface area (Å²) < 4.78 is 0. The smallest absolute Gasteiger partial charge is 0.0719 e. The number of hydrogen-bond acceptors (Lipinski definition) is 1. The molecule has 8 rings (SSSR count). The summed E-state index contributed by atoms with van der Waals surface area (Å²) in [6, 6.07) is 49.2. The van der Waals surface area contributed by atoms with E-state index in [0.717, 1.165) is 11.3 Å². The second kappa shape index (κ2) is 8.37. The van der Waals surface area contributed by atoms with Crippen molar-refractivity contribution in [1.29, 1.82) is 0 Å². The lowest BCUT2D eigenvalue weighted by Crippen LogP contribution is -2.40. The lowest BCUT2D eigenvalue weighted by molar-refractivity contribution is 0.563. The van der Waals surface area contributed by atoms with Gasteiger partial charge in [0, 0.05) is 17.2 Å². The van der Waals surface area contributed by atoms with Crippen LogP contribution in [0.2, 0.25) is 0 Å². The Kier molecular flexibility index (Phi) is 4.85. The van der Waals surface area contributed by atoms with Crippen molar-refractivity contribution in [1.82, 2.24) is 4.98 Å². The fourth-order valence-corrected chi connectivity index (χ4v) is 7.43. The SMILES string of the molecule is CC1(C)c2ccccc2C2(c3ccccc3-c3ccccc32)c2cc(-c3cccc(-c4ccccn4)c3)ccc21. The summed E-state index contributed by atoms with van der Waals surface area (Å²) in [5, 5.41) is 0. The third-order valence-corrected chi connectivity index (χ3v) is 9.21. The fourth-order valence-electron chi connectivity index (χ4n) is 7.43. The Bertz CT molecular complexity index is 1880. The van der Waals surface area contributed by atoms with E-state index >= 15 is 0 Å². The van der Waals surface area contributed by atoms with Gasteiger partial charge < -0.3 is 0 Å². The van der Waals surface area contributed by atoms with Crippen LogP contribution in [0.5, 0.6) is 0 Å². The van der Waals surface area contributed by atoms with Gasteiger partial charge in [-0.05, 0) is 79.9 Å². The fraction of sp³-hybridized carbons (Fsp3) is 0.103. The molecule has 1 aromatic heterocycles. The molecule has 6 aromatic rings. The minimum atomic E-state index is -0.372. The molecular formula is C39H29N. The van der Waals surface area contributed by atoms with Crippen LogP contribution in [-0.2, 0) is 10.8 Å². The summed E-state index contributed by atoms with van der Waals surface area (Å²) in [5.74, 6) is 0. The summed E-state index contributed by atoms with van der Waals surface area (Å²) in [7, 11) is 0. The minimum Gasteiger partial charge on any atom is -0.256 e. The molecule has 0 bridgehead atoms. The van der Waals surface area contributed by atoms with Crippen LogP contribution >= 0.6 is 0 Å². The van der Waals surface area contributed by atoms with Gasteiger partial charge in [-0.15, -0.1) is 0 Å². The van der Waals surface area contributed by atoms with E-state index in [2.05, 4.69) is 140 Å². The molecule has 1 nitrogen and oxygen atoms in total. The van der Waals surface area contributed by atoms with Crippen molar-refractivity contribution in [2.24, 2.45) is 0 Å². The zero-order valence-corrected chi connectivity index (χ0v) is 22.7. The van der Waals surface area contributed by atoms with Gasteiger partial charge in [0.1, 0.15) is 0 Å². The molecule has 1 heteroatoms. The van der Waals surface area contributed by atoms with Crippen LogP contribution in [0.3, 0.4) is 0 Å². The molecule has 5 aromatic carbocycles. The Morgan fingerprint density at radius 3 is 1.70 bits per heavy atom. The summed E-state index contributed by atoms with van der Waals surface area (Å²) >= 11 is 0. The van der Waals surface area contributed by atoms with E-state index < -0.39 is 0 Å². The number of pyridine rings is 1. The molecule has 0 saturated heterocycles. The van der Waals surface area contributed by atoms with Crippen LogP contribution in [0.25, 0.3) is 33.5 Å². The second-order valence-corrected chi connectivity index (χ2v) is 11.6. The van der Waals surface area contributed by atoms with Crippen molar-refractivity contribution in [3.05, 3.63) is 173 Å². The first kappa shape index (κ1) is 23.2. The molecule has 0 saturated carbocycles. The maximum absolute atomic E-state index is 4.61. The van der Waals surface area contributed by atoms with E-state index in [1.165, 1.54) is 55.6 Å². The third-order valence-electron chi connectivity index (χ3n) is 9.21. The van der Waals surface area contributed by atoms with E-state index in [1.807, 2.05) is 18.3 Å². The average Bonchev–Trinajstić information content (AvgIpc) is 3.32. The second-order valence-electron chi connectivity index (χ2n) is 11.6. The van der Waals surface area contributed by atoms with E-state index in [1.54, 1.807) is 0 Å². The van der Waals surface area contributed by atoms with Gasteiger partial charge in [-0.25, -0.2) is 0 Å². The normalized spacial score (nSPS) is 15.2. The molecule has 1 heterocycles. The maximum atomic E-state index is 4.61. The Labute approximate surface area is 235 Å². The number of benzene rings is 5. The summed E-state index contributed by atoms with van der Waals surface area (Å²) in [4.78, 5) is 4.61. The zero-order valence-electron chi connectivity index (χ0n) is 22.7. The molecular weight excluding hydrogens is 482 g/mol. The van der Waals surface area contributed by atoms with Crippen LogP contribution < -0.4 is 0 Å². The Morgan fingerprint density at radius 2 is 1.00 bits per heavy atom. The number of aromatic nitrogens is 1. The van der Waals surface area contributed by atoms with Crippen molar-refractivity contribution in [3.63, 3.8) is 0 Å². The minimum absolute atomic E-state index is 0.127. The Morgan fingerprint density at radius 1 is 0.425 bits per heavy atom. The number of hydrogen-bond donors (Lipinski definition) is 0. The molecule has 1 spiro atoms. The van der Waals surface area contributed by atoms with Crippen LogP contribution in [0, 0.1) is 0 Å². The quantitative estimate of drug-likeness (QED) is 0.225. The van der Waals surface area contributed by atoms with Gasteiger partial charge in [0.15, 0.2) is 0 Å². The molecule has 2 aliphatic rings. The molecule has 0 atom stereocenters. The predicted molar refractivity (Wildman–Crippen MR) is 165 cm³/mol. The zero-order chi connectivity index (χ0) is 26.9. The van der Waals surface area contributed by atoms with Crippen LogP contribution in [0.4, 0.5) is 0 Å². The summed E-state index contributed by atoms with van der Waals surface area (Å²) in [5.41, 5.74) is 15.0. The standard InChI is InChI=1S/C39H29N/c1-38(2)33-18-7-8-19-35(33)39(31-16-5-3-14-29(31)30-15-4-6-17-32(30)39)36-25-27(21-22-34(36)38)26-12-11-13-28(24-26)37-20-9-10-23-40-37/h3-25H,1-2H3. The number of nitrogens with zero attached hydrogens (tertiary/aromatic N) is 1. The van der Waals surface area contributed by atoms with Crippen molar-refractivity contribution >= 4 is 0 Å². The first-order chi connectivity index (χ1) is 19.6. The van der Waals surface area contributed by atoms with E-state index in [9.17, 15) is 0 Å². The monoisotopic (exact) mass is 511 g/mol. The molecule has 0 amide bonds. The van der Waals surface area contributed by atoms with Gasteiger partial charge in [-0.1, -0.05) is 123 Å². The third kappa shape index (κ3) is 3.01. The molecule has 0 unspecified atom stereocenters. The van der Waals surface area contributed by atoms with Gasteiger partial charge in [0.25, 0.3) is 0 Å². The Balaban J connectivity index is 1.45. The highest BCUT2D eigenvalue weighted by Crippen LogP contribution is 2.62. The van der Waals surface area contributed by atoms with Crippen LogP contribution in [0.15, 0.2) is 140 Å². The summed E-state index contributed by atoms with van der Waals surface area (Å²) in [6.07, 6.45) is 1.86. The molecule has 0 fully saturated rings. The first-order valence-corrected chi connectivity index (χ1v) is 14.1. The predicted octanol–water partition coefficient (Wildman–Crippen LogP) is 9.42. The summed E-state index contributed by atoms with van der Waals surface area (Å²) in [6.45, 7) is 4.76. The van der Waals surface area contributed by atoms with Gasteiger partial charge in [-0.2, -0.15) is 0 Å². The van der Waals surface area contributed by atoms with Gasteiger partial charge in [0.2, 0.25) is 0 Å². The van der Waals surface area contributed by atoms with Crippen molar-refractivity contribution in [2.45, 2.75) is 24.7 Å². The molecule has 40 heavy (non-hydrogen) atoms. The van der Waals surface area contributed by atoms with E-state index in [0.29, 0.717) is 0 Å². The average molecular weight is 512 g/mol. The van der Waals surface area contributed by atoms with E-state index in [-0.39, 0.29) is 10.8 Å². The molecule has 2 aliphatic carbocycles. The van der Waals surface area contributed by atoms with Crippen LogP contribution in [-0.4, -0.2) is 4.98 Å². The van der Waals surface area contributed by atoms with Crippen LogP contribution in [0.1, 0.15) is 47.2 Å². The first-order valence-electron chi connectivity index (χ1n) is 14.1. The number of rotatable bonds is 2. The molecule has 190 valence electrons.